The fraction of sp³-hybridized carbons (Fsp3) is 0.304. The van der Waals surface area contributed by atoms with Crippen LogP contribution in [0.4, 0.5) is 0 Å². The minimum absolute atomic E-state index is 0.113. The van der Waals surface area contributed by atoms with Crippen molar-refractivity contribution < 1.29 is 13.9 Å². The number of methoxy groups -OCH3 is 1. The van der Waals surface area contributed by atoms with Crippen LogP contribution in [0.1, 0.15) is 29.0 Å². The number of benzene rings is 1. The summed E-state index contributed by atoms with van der Waals surface area (Å²) in [5, 5.41) is 3.12. The van der Waals surface area contributed by atoms with Gasteiger partial charge in [0.1, 0.15) is 11.5 Å². The summed E-state index contributed by atoms with van der Waals surface area (Å²) in [4.78, 5) is 19.2. The Bertz CT molecular complexity index is 938. The number of amides is 1. The number of furan rings is 1. The van der Waals surface area contributed by atoms with Gasteiger partial charge in [0.05, 0.1) is 7.11 Å². The van der Waals surface area contributed by atoms with Crippen molar-refractivity contribution in [3.8, 4) is 17.1 Å². The number of nitrogens with zero attached hydrogens (tertiary/aromatic N) is 2. The maximum absolute atomic E-state index is 12.7. The van der Waals surface area contributed by atoms with Crippen LogP contribution in [0, 0.1) is 0 Å². The number of hydrogen-bond acceptors (Lipinski definition) is 5. The second-order valence-electron chi connectivity index (χ2n) is 7.30. The molecule has 150 valence electrons. The molecule has 2 aromatic heterocycles. The van der Waals surface area contributed by atoms with Crippen LogP contribution in [0.3, 0.4) is 0 Å². The lowest BCUT2D eigenvalue weighted by atomic mass is 10.0. The highest BCUT2D eigenvalue weighted by atomic mass is 16.5. The lowest BCUT2D eigenvalue weighted by Crippen LogP contribution is -2.47. The Morgan fingerprint density at radius 2 is 2.10 bits per heavy atom. The predicted molar refractivity (Wildman–Crippen MR) is 111 cm³/mol. The van der Waals surface area contributed by atoms with Crippen LogP contribution in [-0.4, -0.2) is 42.0 Å². The van der Waals surface area contributed by atoms with E-state index >= 15 is 0 Å². The van der Waals surface area contributed by atoms with Gasteiger partial charge in [-0.25, -0.2) is 0 Å². The quantitative estimate of drug-likeness (QED) is 0.693. The first-order valence-corrected chi connectivity index (χ1v) is 9.87. The van der Waals surface area contributed by atoms with E-state index in [1.807, 2.05) is 42.6 Å². The average Bonchev–Trinajstić information content (AvgIpc) is 3.25. The van der Waals surface area contributed by atoms with Crippen LogP contribution < -0.4 is 10.1 Å². The predicted octanol–water partition coefficient (Wildman–Crippen LogP) is 3.74. The minimum Gasteiger partial charge on any atom is -0.497 e. The second-order valence-corrected chi connectivity index (χ2v) is 7.30. The summed E-state index contributed by atoms with van der Waals surface area (Å²) in [6.45, 7) is 2.71. The average molecular weight is 391 g/mol. The molecule has 1 aliphatic rings. The normalized spacial score (nSPS) is 17.1. The molecule has 1 saturated heterocycles. The third-order valence-corrected chi connectivity index (χ3v) is 5.17. The first-order chi connectivity index (χ1) is 14.2. The Morgan fingerprint density at radius 3 is 2.86 bits per heavy atom. The van der Waals surface area contributed by atoms with Crippen LogP contribution in [0.2, 0.25) is 0 Å². The molecule has 4 rings (SSSR count). The van der Waals surface area contributed by atoms with Crippen LogP contribution in [0.25, 0.3) is 11.3 Å². The molecular formula is C23H25N3O3. The molecule has 3 heterocycles. The standard InChI is InChI=1S/C23H25N3O3/c1-28-20-8-6-18(7-9-20)21-10-11-22(29-21)23(27)25-19-5-3-13-26(16-19)15-17-4-2-12-24-14-17/h2,4,6-12,14,19H,3,5,13,15-16H2,1H3,(H,25,27). The highest BCUT2D eigenvalue weighted by Gasteiger charge is 2.23. The lowest BCUT2D eigenvalue weighted by molar-refractivity contribution is 0.0874. The summed E-state index contributed by atoms with van der Waals surface area (Å²) in [6, 6.07) is 15.3. The van der Waals surface area contributed by atoms with Crippen LogP contribution in [0.5, 0.6) is 5.75 Å². The Morgan fingerprint density at radius 1 is 1.24 bits per heavy atom. The maximum atomic E-state index is 12.7. The van der Waals surface area contributed by atoms with Crippen molar-refractivity contribution in [2.24, 2.45) is 0 Å². The molecule has 29 heavy (non-hydrogen) atoms. The topological polar surface area (TPSA) is 67.6 Å². The molecule has 0 aliphatic carbocycles. The molecule has 1 aliphatic heterocycles. The maximum Gasteiger partial charge on any atom is 0.287 e. The molecule has 6 nitrogen and oxygen atoms in total. The van der Waals surface area contributed by atoms with Gasteiger partial charge in [-0.2, -0.15) is 0 Å². The Labute approximate surface area is 170 Å². The van der Waals surface area contributed by atoms with Gasteiger partial charge in [-0.1, -0.05) is 6.07 Å². The van der Waals surface area contributed by atoms with E-state index in [1.54, 1.807) is 19.4 Å². The molecular weight excluding hydrogens is 366 g/mol. The van der Waals surface area contributed by atoms with Gasteiger partial charge in [0, 0.05) is 37.1 Å². The van der Waals surface area contributed by atoms with Crippen LogP contribution in [-0.2, 0) is 6.54 Å². The summed E-state index contributed by atoms with van der Waals surface area (Å²) in [6.07, 6.45) is 5.71. The largest absolute Gasteiger partial charge is 0.497 e. The number of hydrogen-bond donors (Lipinski definition) is 1. The molecule has 0 saturated carbocycles. The van der Waals surface area contributed by atoms with E-state index in [-0.39, 0.29) is 11.9 Å². The lowest BCUT2D eigenvalue weighted by Gasteiger charge is -2.32. The van der Waals surface area contributed by atoms with Crippen molar-refractivity contribution >= 4 is 5.91 Å². The number of nitrogens with one attached hydrogen (secondary N) is 1. The molecule has 0 spiro atoms. The Kier molecular flexibility index (Phi) is 5.91. The first-order valence-electron chi connectivity index (χ1n) is 9.87. The van der Waals surface area contributed by atoms with Gasteiger partial charge in [0.2, 0.25) is 0 Å². The summed E-state index contributed by atoms with van der Waals surface area (Å²) < 4.78 is 11.0. The molecule has 0 bridgehead atoms. The van der Waals surface area contributed by atoms with E-state index in [9.17, 15) is 4.79 Å². The number of pyridine rings is 1. The van der Waals surface area contributed by atoms with Crippen LogP contribution >= 0.6 is 0 Å². The molecule has 3 aromatic rings. The highest BCUT2D eigenvalue weighted by molar-refractivity contribution is 5.92. The smallest absolute Gasteiger partial charge is 0.287 e. The first kappa shape index (κ1) is 19.2. The van der Waals surface area contributed by atoms with Crippen LogP contribution in [0.15, 0.2) is 65.3 Å². The number of rotatable bonds is 6. The van der Waals surface area contributed by atoms with Gasteiger partial charge in [0.25, 0.3) is 5.91 Å². The Balaban J connectivity index is 1.35. The zero-order valence-electron chi connectivity index (χ0n) is 16.5. The fourth-order valence-electron chi connectivity index (χ4n) is 3.69. The van der Waals surface area contributed by atoms with Gasteiger partial charge in [-0.05, 0) is 67.4 Å². The van der Waals surface area contributed by atoms with Gasteiger partial charge >= 0.3 is 0 Å². The molecule has 1 amide bonds. The van der Waals surface area contributed by atoms with Crippen molar-refractivity contribution in [2.45, 2.75) is 25.4 Å². The summed E-state index contributed by atoms with van der Waals surface area (Å²) >= 11 is 0. The van der Waals surface area contributed by atoms with Crippen molar-refractivity contribution in [3.63, 3.8) is 0 Å². The zero-order chi connectivity index (χ0) is 20.1. The molecule has 1 aromatic carbocycles. The molecule has 1 unspecified atom stereocenters. The van der Waals surface area contributed by atoms with E-state index in [0.717, 1.165) is 43.8 Å². The fourth-order valence-corrected chi connectivity index (χ4v) is 3.69. The van der Waals surface area contributed by atoms with Gasteiger partial charge in [0.15, 0.2) is 5.76 Å². The molecule has 1 N–H and O–H groups in total. The molecule has 6 heteroatoms. The molecule has 1 fully saturated rings. The van der Waals surface area contributed by atoms with E-state index in [4.69, 9.17) is 9.15 Å². The van der Waals surface area contributed by atoms with Crippen molar-refractivity contribution in [1.82, 2.24) is 15.2 Å². The zero-order valence-corrected chi connectivity index (χ0v) is 16.5. The van der Waals surface area contributed by atoms with E-state index < -0.39 is 0 Å². The van der Waals surface area contributed by atoms with Gasteiger partial charge in [-0.3, -0.25) is 14.7 Å². The van der Waals surface area contributed by atoms with Gasteiger partial charge in [-0.15, -0.1) is 0 Å². The second kappa shape index (κ2) is 8.92. The molecule has 0 radical (unpaired) electrons. The summed E-state index contributed by atoms with van der Waals surface area (Å²) in [7, 11) is 1.63. The monoisotopic (exact) mass is 391 g/mol. The van der Waals surface area contributed by atoms with E-state index in [2.05, 4.69) is 21.3 Å². The molecule has 1 atom stereocenters. The van der Waals surface area contributed by atoms with Crippen molar-refractivity contribution in [1.29, 1.82) is 0 Å². The number of ether oxygens (including phenoxy) is 1. The number of carbonyl (C=O) groups excluding carboxylic acids is 1. The van der Waals surface area contributed by atoms with E-state index in [1.165, 1.54) is 5.56 Å². The van der Waals surface area contributed by atoms with E-state index in [0.29, 0.717) is 11.5 Å². The number of carbonyl (C=O) groups is 1. The SMILES string of the molecule is COc1ccc(-c2ccc(C(=O)NC3CCCN(Cc4cccnc4)C3)o2)cc1. The Hall–Kier alpha value is -3.12. The third kappa shape index (κ3) is 4.84. The highest BCUT2D eigenvalue weighted by Crippen LogP contribution is 2.24. The summed E-state index contributed by atoms with van der Waals surface area (Å²) in [5.74, 6) is 1.62. The van der Waals surface area contributed by atoms with Crippen molar-refractivity contribution in [3.05, 3.63) is 72.2 Å². The van der Waals surface area contributed by atoms with Crippen molar-refractivity contribution in [2.75, 3.05) is 20.2 Å². The number of likely N-dealkylation sites (tertiary alicyclic amines) is 1. The minimum atomic E-state index is -0.169. The third-order valence-electron chi connectivity index (χ3n) is 5.17. The number of aromatic nitrogens is 1. The summed E-state index contributed by atoms with van der Waals surface area (Å²) in [5.41, 5.74) is 2.10. The number of piperidine rings is 1. The van der Waals surface area contributed by atoms with Gasteiger partial charge < -0.3 is 14.5 Å².